The molecule has 2 heterocycles. The Balaban J connectivity index is 1.88. The Morgan fingerprint density at radius 2 is 2.15 bits per heavy atom. The van der Waals surface area contributed by atoms with Crippen molar-refractivity contribution in [3.05, 3.63) is 58.6 Å². The summed E-state index contributed by atoms with van der Waals surface area (Å²) < 4.78 is 6.16. The Kier molecular flexibility index (Phi) is 3.47. The van der Waals surface area contributed by atoms with Crippen LogP contribution in [0.15, 0.2) is 51.7 Å². The Morgan fingerprint density at radius 1 is 1.25 bits per heavy atom. The maximum atomic E-state index is 5.78. The van der Waals surface area contributed by atoms with Gasteiger partial charge in [-0.05, 0) is 45.8 Å². The second-order valence-corrected chi connectivity index (χ2v) is 5.15. The fourth-order valence-corrected chi connectivity index (χ4v) is 2.24. The normalized spacial score (nSPS) is 10.7. The number of nitrogens with zero attached hydrogens (tertiary/aromatic N) is 3. The Hall–Kier alpha value is -2.21. The lowest BCUT2D eigenvalue weighted by Crippen LogP contribution is -1.91. The van der Waals surface area contributed by atoms with E-state index >= 15 is 0 Å². The van der Waals surface area contributed by atoms with Gasteiger partial charge in [-0.15, -0.1) is 0 Å². The minimum absolute atomic E-state index is 0.447. The molecule has 2 N–H and O–H groups in total. The fourth-order valence-electron chi connectivity index (χ4n) is 1.83. The number of aromatic nitrogens is 3. The van der Waals surface area contributed by atoms with Gasteiger partial charge in [0.2, 0.25) is 0 Å². The van der Waals surface area contributed by atoms with Gasteiger partial charge in [-0.1, -0.05) is 11.2 Å². The number of halogens is 1. The molecule has 0 fully saturated rings. The van der Waals surface area contributed by atoms with E-state index in [1.807, 2.05) is 18.2 Å². The van der Waals surface area contributed by atoms with Crippen LogP contribution in [0, 0.1) is 0 Å². The van der Waals surface area contributed by atoms with Crippen molar-refractivity contribution < 1.29 is 4.52 Å². The third-order valence-corrected chi connectivity index (χ3v) is 3.47. The van der Waals surface area contributed by atoms with E-state index in [1.165, 1.54) is 0 Å². The van der Waals surface area contributed by atoms with Gasteiger partial charge in [-0.2, -0.15) is 4.98 Å². The first kappa shape index (κ1) is 12.8. The molecule has 0 aliphatic rings. The number of hydrogen-bond acceptors (Lipinski definition) is 5. The summed E-state index contributed by atoms with van der Waals surface area (Å²) in [5.41, 5.74) is 8.25. The molecule has 5 nitrogen and oxygen atoms in total. The summed E-state index contributed by atoms with van der Waals surface area (Å²) in [6, 6.07) is 9.31. The summed E-state index contributed by atoms with van der Waals surface area (Å²) in [5, 5.41) is 3.98. The summed E-state index contributed by atoms with van der Waals surface area (Å²) in [7, 11) is 0. The SMILES string of the molecule is Nc1ccc(Br)c(-c2nc(Cc3cccnc3)no2)c1. The lowest BCUT2D eigenvalue weighted by Gasteiger charge is -1.99. The summed E-state index contributed by atoms with van der Waals surface area (Å²) in [5.74, 6) is 1.06. The molecule has 0 atom stereocenters. The molecule has 0 radical (unpaired) electrons. The lowest BCUT2D eigenvalue weighted by molar-refractivity contribution is 0.423. The topological polar surface area (TPSA) is 77.8 Å². The second-order valence-electron chi connectivity index (χ2n) is 4.29. The maximum absolute atomic E-state index is 5.78. The van der Waals surface area contributed by atoms with Gasteiger partial charge in [0, 0.05) is 29.0 Å². The van der Waals surface area contributed by atoms with E-state index in [1.54, 1.807) is 24.5 Å². The largest absolute Gasteiger partial charge is 0.399 e. The van der Waals surface area contributed by atoms with Crippen LogP contribution in [-0.2, 0) is 6.42 Å². The van der Waals surface area contributed by atoms with Crippen LogP contribution < -0.4 is 5.73 Å². The van der Waals surface area contributed by atoms with E-state index in [9.17, 15) is 0 Å². The van der Waals surface area contributed by atoms with Crippen LogP contribution in [0.25, 0.3) is 11.5 Å². The second kappa shape index (κ2) is 5.42. The van der Waals surface area contributed by atoms with Crippen molar-refractivity contribution in [3.8, 4) is 11.5 Å². The first-order valence-electron chi connectivity index (χ1n) is 5.99. The third kappa shape index (κ3) is 2.70. The predicted octanol–water partition coefficient (Wildman–Crippen LogP) is 3.07. The van der Waals surface area contributed by atoms with Gasteiger partial charge in [-0.3, -0.25) is 4.98 Å². The molecule has 0 saturated heterocycles. The van der Waals surface area contributed by atoms with Crippen molar-refractivity contribution in [2.45, 2.75) is 6.42 Å². The average Bonchev–Trinajstić information content (AvgIpc) is 2.91. The smallest absolute Gasteiger partial charge is 0.259 e. The molecule has 2 aromatic heterocycles. The Labute approximate surface area is 124 Å². The van der Waals surface area contributed by atoms with Gasteiger partial charge in [0.25, 0.3) is 5.89 Å². The first-order chi connectivity index (χ1) is 9.72. The molecule has 0 aliphatic heterocycles. The van der Waals surface area contributed by atoms with Gasteiger partial charge in [-0.25, -0.2) is 0 Å². The van der Waals surface area contributed by atoms with Crippen molar-refractivity contribution in [2.24, 2.45) is 0 Å². The molecule has 3 aromatic rings. The van der Waals surface area contributed by atoms with E-state index < -0.39 is 0 Å². The van der Waals surface area contributed by atoms with Gasteiger partial charge in [0.15, 0.2) is 5.82 Å². The average molecular weight is 331 g/mol. The highest BCUT2D eigenvalue weighted by molar-refractivity contribution is 9.10. The lowest BCUT2D eigenvalue weighted by atomic mass is 10.2. The molecule has 0 spiro atoms. The highest BCUT2D eigenvalue weighted by atomic mass is 79.9. The summed E-state index contributed by atoms with van der Waals surface area (Å²) in [4.78, 5) is 8.45. The molecule has 0 amide bonds. The van der Waals surface area contributed by atoms with Gasteiger partial charge in [0.1, 0.15) is 0 Å². The van der Waals surface area contributed by atoms with Crippen LogP contribution >= 0.6 is 15.9 Å². The van der Waals surface area contributed by atoms with Crippen LogP contribution in [0.3, 0.4) is 0 Å². The van der Waals surface area contributed by atoms with E-state index in [-0.39, 0.29) is 0 Å². The Bertz CT molecular complexity index is 727. The zero-order valence-electron chi connectivity index (χ0n) is 10.5. The number of rotatable bonds is 3. The summed E-state index contributed by atoms with van der Waals surface area (Å²) in [6.45, 7) is 0. The van der Waals surface area contributed by atoms with Crippen LogP contribution in [0.5, 0.6) is 0 Å². The number of anilines is 1. The molecule has 0 saturated carbocycles. The number of nitrogen functional groups attached to an aromatic ring is 1. The van der Waals surface area contributed by atoms with Crippen LogP contribution in [0.1, 0.15) is 11.4 Å². The van der Waals surface area contributed by atoms with E-state index in [0.717, 1.165) is 15.6 Å². The Morgan fingerprint density at radius 3 is 2.95 bits per heavy atom. The van der Waals surface area contributed by atoms with Gasteiger partial charge >= 0.3 is 0 Å². The van der Waals surface area contributed by atoms with Gasteiger partial charge < -0.3 is 10.3 Å². The van der Waals surface area contributed by atoms with E-state index in [2.05, 4.69) is 31.1 Å². The quantitative estimate of drug-likeness (QED) is 0.746. The molecule has 0 aliphatic carbocycles. The van der Waals surface area contributed by atoms with Crippen molar-refractivity contribution in [3.63, 3.8) is 0 Å². The minimum Gasteiger partial charge on any atom is -0.399 e. The molecular formula is C14H11BrN4O. The molecule has 20 heavy (non-hydrogen) atoms. The van der Waals surface area contributed by atoms with Crippen molar-refractivity contribution in [2.75, 3.05) is 5.73 Å². The number of hydrogen-bond donors (Lipinski definition) is 1. The fraction of sp³-hybridized carbons (Fsp3) is 0.0714. The zero-order valence-corrected chi connectivity index (χ0v) is 12.0. The highest BCUT2D eigenvalue weighted by Gasteiger charge is 2.12. The molecule has 100 valence electrons. The highest BCUT2D eigenvalue weighted by Crippen LogP contribution is 2.29. The van der Waals surface area contributed by atoms with Crippen molar-refractivity contribution >= 4 is 21.6 Å². The van der Waals surface area contributed by atoms with Crippen LogP contribution in [0.4, 0.5) is 5.69 Å². The molecule has 6 heteroatoms. The number of benzene rings is 1. The van der Waals surface area contributed by atoms with Crippen LogP contribution in [-0.4, -0.2) is 15.1 Å². The summed E-state index contributed by atoms with van der Waals surface area (Å²) in [6.07, 6.45) is 4.10. The first-order valence-corrected chi connectivity index (χ1v) is 6.78. The van der Waals surface area contributed by atoms with Crippen LogP contribution in [0.2, 0.25) is 0 Å². The third-order valence-electron chi connectivity index (χ3n) is 2.77. The molecule has 1 aromatic carbocycles. The summed E-state index contributed by atoms with van der Waals surface area (Å²) >= 11 is 3.45. The molecule has 0 unspecified atom stereocenters. The molecular weight excluding hydrogens is 320 g/mol. The minimum atomic E-state index is 0.447. The predicted molar refractivity (Wildman–Crippen MR) is 78.9 cm³/mol. The van der Waals surface area contributed by atoms with Crippen molar-refractivity contribution in [1.29, 1.82) is 0 Å². The standard InChI is InChI=1S/C14H11BrN4O/c15-12-4-3-10(16)7-11(12)14-18-13(19-20-14)6-9-2-1-5-17-8-9/h1-5,7-8H,6,16H2. The number of pyridine rings is 1. The van der Waals surface area contributed by atoms with E-state index in [4.69, 9.17) is 10.3 Å². The van der Waals surface area contributed by atoms with Crippen molar-refractivity contribution in [1.82, 2.24) is 15.1 Å². The zero-order chi connectivity index (χ0) is 13.9. The molecule has 3 rings (SSSR count). The molecule has 0 bridgehead atoms. The maximum Gasteiger partial charge on any atom is 0.259 e. The monoisotopic (exact) mass is 330 g/mol. The van der Waals surface area contributed by atoms with Gasteiger partial charge in [0.05, 0.1) is 5.56 Å². The number of nitrogens with two attached hydrogens (primary N) is 1. The van der Waals surface area contributed by atoms with E-state index in [0.29, 0.717) is 23.8 Å².